The number of sulfonamides is 1. The number of benzene rings is 1. The molecule has 0 saturated heterocycles. The van der Waals surface area contributed by atoms with Crippen molar-refractivity contribution < 1.29 is 17.9 Å². The Morgan fingerprint density at radius 1 is 1.27 bits per heavy atom. The van der Waals surface area contributed by atoms with Crippen LogP contribution in [0.2, 0.25) is 0 Å². The molecule has 0 saturated carbocycles. The molecule has 1 aromatic carbocycles. The molecule has 2 rings (SSSR count). The summed E-state index contributed by atoms with van der Waals surface area (Å²) in [6, 6.07) is 10.6. The Labute approximate surface area is 130 Å². The molecule has 0 aliphatic carbocycles. The van der Waals surface area contributed by atoms with Crippen LogP contribution in [0, 0.1) is 0 Å². The third-order valence-corrected chi connectivity index (χ3v) is 5.10. The summed E-state index contributed by atoms with van der Waals surface area (Å²) in [6.45, 7) is 0.256. The van der Waals surface area contributed by atoms with Gasteiger partial charge in [0, 0.05) is 26.8 Å². The fraction of sp³-hybridized carbons (Fsp3) is 0.267. The van der Waals surface area contributed by atoms with E-state index in [2.05, 4.69) is 4.74 Å². The third kappa shape index (κ3) is 3.20. The minimum atomic E-state index is -3.68. The first kappa shape index (κ1) is 16.3. The fourth-order valence-electron chi connectivity index (χ4n) is 2.09. The van der Waals surface area contributed by atoms with Gasteiger partial charge in [0.2, 0.25) is 10.0 Å². The molecule has 1 aromatic heterocycles. The Bertz CT molecular complexity index is 766. The van der Waals surface area contributed by atoms with Gasteiger partial charge in [-0.05, 0) is 11.6 Å². The molecule has 0 bridgehead atoms. The van der Waals surface area contributed by atoms with Crippen LogP contribution in [0.4, 0.5) is 0 Å². The Morgan fingerprint density at radius 2 is 1.91 bits per heavy atom. The van der Waals surface area contributed by atoms with Crippen molar-refractivity contribution >= 4 is 16.0 Å². The van der Waals surface area contributed by atoms with Gasteiger partial charge in [0.05, 0.1) is 7.11 Å². The standard InChI is InChI=1S/C15H18N2O4S/c1-16-11-13(9-14(16)15(18)21-3)22(19,20)17(2)10-12-7-5-4-6-8-12/h4-9,11H,10H2,1-3H3. The summed E-state index contributed by atoms with van der Waals surface area (Å²) in [7, 11) is 0.686. The first-order valence-corrected chi connectivity index (χ1v) is 8.05. The molecule has 0 spiro atoms. The normalized spacial score (nSPS) is 11.6. The number of aryl methyl sites for hydroxylation is 1. The maximum absolute atomic E-state index is 12.6. The van der Waals surface area contributed by atoms with Crippen LogP contribution >= 0.6 is 0 Å². The lowest BCUT2D eigenvalue weighted by molar-refractivity contribution is 0.0590. The van der Waals surface area contributed by atoms with Crippen LogP contribution in [-0.4, -0.2) is 37.4 Å². The van der Waals surface area contributed by atoms with E-state index in [0.29, 0.717) is 0 Å². The van der Waals surface area contributed by atoms with Crippen LogP contribution in [0.1, 0.15) is 16.1 Å². The molecular formula is C15H18N2O4S. The van der Waals surface area contributed by atoms with Gasteiger partial charge in [0.15, 0.2) is 0 Å². The summed E-state index contributed by atoms with van der Waals surface area (Å²) in [5.41, 5.74) is 1.08. The Balaban J connectivity index is 2.28. The van der Waals surface area contributed by atoms with E-state index in [-0.39, 0.29) is 17.1 Å². The maximum Gasteiger partial charge on any atom is 0.354 e. The van der Waals surface area contributed by atoms with Crippen LogP contribution in [0.15, 0.2) is 47.5 Å². The van der Waals surface area contributed by atoms with Crippen molar-refractivity contribution in [2.45, 2.75) is 11.4 Å². The molecule has 0 fully saturated rings. The van der Waals surface area contributed by atoms with Crippen LogP contribution in [-0.2, 0) is 28.4 Å². The molecule has 2 aromatic rings. The predicted molar refractivity (Wildman–Crippen MR) is 81.8 cm³/mol. The van der Waals surface area contributed by atoms with E-state index in [1.165, 1.54) is 35.3 Å². The van der Waals surface area contributed by atoms with E-state index in [0.717, 1.165) is 5.56 Å². The molecule has 0 amide bonds. The van der Waals surface area contributed by atoms with Crippen molar-refractivity contribution in [3.05, 3.63) is 53.9 Å². The third-order valence-electron chi connectivity index (χ3n) is 3.33. The molecule has 0 atom stereocenters. The summed E-state index contributed by atoms with van der Waals surface area (Å²) >= 11 is 0. The van der Waals surface area contributed by atoms with Crippen LogP contribution < -0.4 is 0 Å². The zero-order chi connectivity index (χ0) is 16.3. The van der Waals surface area contributed by atoms with E-state index < -0.39 is 16.0 Å². The smallest absolute Gasteiger partial charge is 0.354 e. The number of nitrogens with zero attached hydrogens (tertiary/aromatic N) is 2. The van der Waals surface area contributed by atoms with Crippen molar-refractivity contribution in [3.63, 3.8) is 0 Å². The molecule has 0 aliphatic rings. The highest BCUT2D eigenvalue weighted by Gasteiger charge is 2.25. The number of ether oxygens (including phenoxy) is 1. The zero-order valence-corrected chi connectivity index (χ0v) is 13.5. The van der Waals surface area contributed by atoms with Gasteiger partial charge in [-0.25, -0.2) is 13.2 Å². The van der Waals surface area contributed by atoms with Crippen molar-refractivity contribution in [1.82, 2.24) is 8.87 Å². The number of aromatic nitrogens is 1. The van der Waals surface area contributed by atoms with E-state index in [9.17, 15) is 13.2 Å². The van der Waals surface area contributed by atoms with Crippen molar-refractivity contribution in [2.24, 2.45) is 7.05 Å². The quantitative estimate of drug-likeness (QED) is 0.785. The van der Waals surface area contributed by atoms with Crippen LogP contribution in [0.25, 0.3) is 0 Å². The monoisotopic (exact) mass is 322 g/mol. The average Bonchev–Trinajstić information content (AvgIpc) is 2.90. The fourth-order valence-corrected chi connectivity index (χ4v) is 3.32. The molecule has 0 radical (unpaired) electrons. The molecule has 1 heterocycles. The summed E-state index contributed by atoms with van der Waals surface area (Å²) in [5, 5.41) is 0. The average molecular weight is 322 g/mol. The Hall–Kier alpha value is -2.12. The SMILES string of the molecule is COC(=O)c1cc(S(=O)(=O)N(C)Cc2ccccc2)cn1C. The molecular weight excluding hydrogens is 304 g/mol. The highest BCUT2D eigenvalue weighted by Crippen LogP contribution is 2.19. The van der Waals surface area contributed by atoms with Gasteiger partial charge >= 0.3 is 5.97 Å². The highest BCUT2D eigenvalue weighted by molar-refractivity contribution is 7.89. The summed E-state index contributed by atoms with van der Waals surface area (Å²) in [5.74, 6) is -0.574. The minimum Gasteiger partial charge on any atom is -0.464 e. The minimum absolute atomic E-state index is 0.0637. The maximum atomic E-state index is 12.6. The Kier molecular flexibility index (Phi) is 4.68. The van der Waals surface area contributed by atoms with Gasteiger partial charge in [-0.3, -0.25) is 0 Å². The Morgan fingerprint density at radius 3 is 2.50 bits per heavy atom. The predicted octanol–water partition coefficient (Wildman–Crippen LogP) is 1.63. The topological polar surface area (TPSA) is 68.6 Å². The number of carbonyl (C=O) groups excluding carboxylic acids is 1. The second-order valence-electron chi connectivity index (χ2n) is 4.91. The summed E-state index contributed by atoms with van der Waals surface area (Å²) in [6.07, 6.45) is 1.41. The van der Waals surface area contributed by atoms with Gasteiger partial charge in [-0.2, -0.15) is 4.31 Å². The van der Waals surface area contributed by atoms with Crippen molar-refractivity contribution in [1.29, 1.82) is 0 Å². The molecule has 0 aliphatic heterocycles. The lowest BCUT2D eigenvalue weighted by Crippen LogP contribution is -2.26. The molecule has 7 heteroatoms. The van der Waals surface area contributed by atoms with Crippen molar-refractivity contribution in [3.8, 4) is 0 Å². The largest absolute Gasteiger partial charge is 0.464 e. The first-order valence-electron chi connectivity index (χ1n) is 6.61. The number of methoxy groups -OCH3 is 1. The summed E-state index contributed by atoms with van der Waals surface area (Å²) in [4.78, 5) is 11.6. The molecule has 118 valence electrons. The molecule has 22 heavy (non-hydrogen) atoms. The van der Waals surface area contributed by atoms with Gasteiger partial charge in [-0.1, -0.05) is 30.3 Å². The highest BCUT2D eigenvalue weighted by atomic mass is 32.2. The summed E-state index contributed by atoms with van der Waals surface area (Å²) < 4.78 is 32.5. The van der Waals surface area contributed by atoms with E-state index in [1.54, 1.807) is 7.05 Å². The number of hydrogen-bond acceptors (Lipinski definition) is 4. The van der Waals surface area contributed by atoms with Crippen LogP contribution in [0.5, 0.6) is 0 Å². The molecule has 0 unspecified atom stereocenters. The number of carbonyl (C=O) groups is 1. The van der Waals surface area contributed by atoms with Gasteiger partial charge in [-0.15, -0.1) is 0 Å². The zero-order valence-electron chi connectivity index (χ0n) is 12.7. The van der Waals surface area contributed by atoms with Gasteiger partial charge in [0.1, 0.15) is 10.6 Å². The van der Waals surface area contributed by atoms with Crippen molar-refractivity contribution in [2.75, 3.05) is 14.2 Å². The number of esters is 1. The second kappa shape index (κ2) is 6.33. The van der Waals surface area contributed by atoms with E-state index in [4.69, 9.17) is 0 Å². The molecule has 6 nitrogen and oxygen atoms in total. The first-order chi connectivity index (χ1) is 10.4. The second-order valence-corrected chi connectivity index (χ2v) is 6.96. The van der Waals surface area contributed by atoms with Gasteiger partial charge < -0.3 is 9.30 Å². The van der Waals surface area contributed by atoms with E-state index >= 15 is 0 Å². The number of rotatable bonds is 5. The van der Waals surface area contributed by atoms with E-state index in [1.807, 2.05) is 30.3 Å². The lowest BCUT2D eigenvalue weighted by Gasteiger charge is -2.16. The number of hydrogen-bond donors (Lipinski definition) is 0. The van der Waals surface area contributed by atoms with Crippen LogP contribution in [0.3, 0.4) is 0 Å². The lowest BCUT2D eigenvalue weighted by atomic mass is 10.2. The van der Waals surface area contributed by atoms with Gasteiger partial charge in [0.25, 0.3) is 0 Å². The molecule has 0 N–H and O–H groups in total.